The van der Waals surface area contributed by atoms with E-state index < -0.39 is 18.0 Å². The average Bonchev–Trinajstić information content (AvgIpc) is 2.31. The number of halogens is 1. The number of benzene rings is 1. The van der Waals surface area contributed by atoms with Crippen molar-refractivity contribution in [3.8, 4) is 5.75 Å². The maximum atomic E-state index is 13.3. The predicted molar refractivity (Wildman–Crippen MR) is 49.4 cm³/mol. The van der Waals surface area contributed by atoms with Crippen LogP contribution in [0.25, 0.3) is 0 Å². The molecule has 0 amide bonds. The normalized spacial score (nSPS) is 26.2. The fourth-order valence-electron chi connectivity index (χ4n) is 1.60. The Morgan fingerprint density at radius 1 is 1.50 bits per heavy atom. The van der Waals surface area contributed by atoms with Crippen molar-refractivity contribution in [2.24, 2.45) is 5.73 Å². The molecular formula is C10H12FNO2. The van der Waals surface area contributed by atoms with Crippen LogP contribution in [0.5, 0.6) is 5.75 Å². The number of para-hydroxylation sites is 1. The Labute approximate surface area is 81.3 Å². The van der Waals surface area contributed by atoms with Crippen LogP contribution in [0.4, 0.5) is 4.39 Å². The third-order valence-corrected chi connectivity index (χ3v) is 2.42. The Hall–Kier alpha value is -1.13. The van der Waals surface area contributed by atoms with E-state index in [1.807, 2.05) is 0 Å². The molecule has 4 heteroatoms. The van der Waals surface area contributed by atoms with Crippen LogP contribution in [-0.4, -0.2) is 17.8 Å². The van der Waals surface area contributed by atoms with Gasteiger partial charge in [0.05, 0.1) is 12.7 Å². The first-order chi connectivity index (χ1) is 6.70. The molecule has 0 fully saturated rings. The number of ether oxygens (including phenoxy) is 1. The number of nitrogens with two attached hydrogens (primary N) is 1. The van der Waals surface area contributed by atoms with Gasteiger partial charge < -0.3 is 15.6 Å². The molecule has 0 aromatic heterocycles. The summed E-state index contributed by atoms with van der Waals surface area (Å²) in [4.78, 5) is 0. The standard InChI is InChI=1S/C10H12FNO2/c11-7-3-1-2-6-9(13)8(12)4-5-14-10(6)7/h1-3,8-9,13H,4-5,12H2. The maximum Gasteiger partial charge on any atom is 0.165 e. The molecule has 0 aliphatic carbocycles. The number of rotatable bonds is 0. The van der Waals surface area contributed by atoms with E-state index in [-0.39, 0.29) is 5.75 Å². The minimum absolute atomic E-state index is 0.132. The van der Waals surface area contributed by atoms with E-state index in [1.165, 1.54) is 6.07 Å². The fraction of sp³-hybridized carbons (Fsp3) is 0.400. The SMILES string of the molecule is NC1CCOc2c(F)cccc2C1O. The fourth-order valence-corrected chi connectivity index (χ4v) is 1.60. The van der Waals surface area contributed by atoms with E-state index in [4.69, 9.17) is 10.5 Å². The number of hydrogen-bond donors (Lipinski definition) is 2. The van der Waals surface area contributed by atoms with Crippen LogP contribution in [0.15, 0.2) is 18.2 Å². The summed E-state index contributed by atoms with van der Waals surface area (Å²) in [5.74, 6) is -0.316. The minimum atomic E-state index is -0.844. The monoisotopic (exact) mass is 197 g/mol. The summed E-state index contributed by atoms with van der Waals surface area (Å²) in [6.07, 6.45) is -0.321. The smallest absolute Gasteiger partial charge is 0.165 e. The molecule has 0 radical (unpaired) electrons. The molecule has 3 nitrogen and oxygen atoms in total. The zero-order chi connectivity index (χ0) is 10.1. The number of aliphatic hydroxyl groups is 1. The lowest BCUT2D eigenvalue weighted by Crippen LogP contribution is -2.28. The van der Waals surface area contributed by atoms with Gasteiger partial charge in [-0.25, -0.2) is 4.39 Å². The minimum Gasteiger partial charge on any atom is -0.490 e. The first-order valence-electron chi connectivity index (χ1n) is 4.55. The molecule has 76 valence electrons. The molecule has 0 saturated heterocycles. The maximum absolute atomic E-state index is 13.3. The highest BCUT2D eigenvalue weighted by Crippen LogP contribution is 2.32. The van der Waals surface area contributed by atoms with Crippen LogP contribution in [-0.2, 0) is 0 Å². The van der Waals surface area contributed by atoms with Crippen molar-refractivity contribution in [1.82, 2.24) is 0 Å². The molecule has 3 N–H and O–H groups in total. The molecular weight excluding hydrogens is 185 g/mol. The Kier molecular flexibility index (Phi) is 2.39. The molecule has 2 atom stereocenters. The molecule has 0 spiro atoms. The van der Waals surface area contributed by atoms with Crippen molar-refractivity contribution in [3.63, 3.8) is 0 Å². The Bertz CT molecular complexity index is 343. The van der Waals surface area contributed by atoms with Crippen LogP contribution >= 0.6 is 0 Å². The number of fused-ring (bicyclic) bond motifs is 1. The van der Waals surface area contributed by atoms with Gasteiger partial charge in [0.2, 0.25) is 0 Å². The molecule has 1 aliphatic rings. The van der Waals surface area contributed by atoms with E-state index in [1.54, 1.807) is 12.1 Å². The second-order valence-corrected chi connectivity index (χ2v) is 3.40. The summed E-state index contributed by atoms with van der Waals surface area (Å²) in [5.41, 5.74) is 6.13. The van der Waals surface area contributed by atoms with Crippen molar-refractivity contribution in [1.29, 1.82) is 0 Å². The second kappa shape index (κ2) is 3.55. The Morgan fingerprint density at radius 2 is 2.29 bits per heavy atom. The van der Waals surface area contributed by atoms with Crippen LogP contribution < -0.4 is 10.5 Å². The van der Waals surface area contributed by atoms with Gasteiger partial charge in [-0.3, -0.25) is 0 Å². The molecule has 1 aliphatic heterocycles. The summed E-state index contributed by atoms with van der Waals surface area (Å²) < 4.78 is 18.5. The van der Waals surface area contributed by atoms with Crippen LogP contribution in [0.1, 0.15) is 18.1 Å². The molecule has 1 aromatic carbocycles. The average molecular weight is 197 g/mol. The van der Waals surface area contributed by atoms with E-state index >= 15 is 0 Å². The van der Waals surface area contributed by atoms with E-state index in [0.29, 0.717) is 18.6 Å². The van der Waals surface area contributed by atoms with E-state index in [9.17, 15) is 9.50 Å². The van der Waals surface area contributed by atoms with Gasteiger partial charge in [-0.15, -0.1) is 0 Å². The lowest BCUT2D eigenvalue weighted by Gasteiger charge is -2.15. The van der Waals surface area contributed by atoms with Gasteiger partial charge in [0.15, 0.2) is 11.6 Å². The molecule has 14 heavy (non-hydrogen) atoms. The highest BCUT2D eigenvalue weighted by atomic mass is 19.1. The van der Waals surface area contributed by atoms with Gasteiger partial charge in [0, 0.05) is 11.6 Å². The van der Waals surface area contributed by atoms with Gasteiger partial charge in [-0.05, 0) is 12.5 Å². The van der Waals surface area contributed by atoms with Crippen molar-refractivity contribution < 1.29 is 14.2 Å². The van der Waals surface area contributed by atoms with Crippen molar-refractivity contribution in [3.05, 3.63) is 29.6 Å². The van der Waals surface area contributed by atoms with E-state index in [2.05, 4.69) is 0 Å². The zero-order valence-electron chi connectivity index (χ0n) is 7.61. The summed E-state index contributed by atoms with van der Waals surface area (Å²) in [5, 5.41) is 9.76. The quantitative estimate of drug-likeness (QED) is 0.651. The van der Waals surface area contributed by atoms with Crippen molar-refractivity contribution >= 4 is 0 Å². The lowest BCUT2D eigenvalue weighted by atomic mass is 10.0. The second-order valence-electron chi connectivity index (χ2n) is 3.40. The van der Waals surface area contributed by atoms with Gasteiger partial charge >= 0.3 is 0 Å². The topological polar surface area (TPSA) is 55.5 Å². The van der Waals surface area contributed by atoms with Gasteiger partial charge in [0.1, 0.15) is 0 Å². The van der Waals surface area contributed by atoms with Crippen molar-refractivity contribution in [2.75, 3.05) is 6.61 Å². The molecule has 0 saturated carbocycles. The third kappa shape index (κ3) is 1.47. The number of hydrogen-bond acceptors (Lipinski definition) is 3. The molecule has 1 aromatic rings. The largest absolute Gasteiger partial charge is 0.490 e. The van der Waals surface area contributed by atoms with Crippen molar-refractivity contribution in [2.45, 2.75) is 18.6 Å². The third-order valence-electron chi connectivity index (χ3n) is 2.42. The van der Waals surface area contributed by atoms with Crippen LogP contribution in [0.3, 0.4) is 0 Å². The van der Waals surface area contributed by atoms with Gasteiger partial charge in [-0.2, -0.15) is 0 Å². The summed E-state index contributed by atoms with van der Waals surface area (Å²) in [7, 11) is 0. The van der Waals surface area contributed by atoms with Gasteiger partial charge in [0.25, 0.3) is 0 Å². The number of aliphatic hydroxyl groups excluding tert-OH is 1. The summed E-state index contributed by atoms with van der Waals surface area (Å²) >= 11 is 0. The first-order valence-corrected chi connectivity index (χ1v) is 4.55. The van der Waals surface area contributed by atoms with Gasteiger partial charge in [-0.1, -0.05) is 12.1 Å². The lowest BCUT2D eigenvalue weighted by molar-refractivity contribution is 0.144. The molecule has 1 heterocycles. The molecule has 2 unspecified atom stereocenters. The summed E-state index contributed by atoms with van der Waals surface area (Å²) in [6.45, 7) is 0.339. The zero-order valence-corrected chi connectivity index (χ0v) is 7.61. The molecule has 0 bridgehead atoms. The molecule has 2 rings (SSSR count). The Balaban J connectivity index is 2.48. The Morgan fingerprint density at radius 3 is 3.07 bits per heavy atom. The summed E-state index contributed by atoms with van der Waals surface area (Å²) in [6, 6.07) is 4.09. The van der Waals surface area contributed by atoms with Crippen LogP contribution in [0, 0.1) is 5.82 Å². The first kappa shape index (κ1) is 9.43. The predicted octanol–water partition coefficient (Wildman–Crippen LogP) is 0.969. The highest BCUT2D eigenvalue weighted by Gasteiger charge is 2.25. The van der Waals surface area contributed by atoms with E-state index in [0.717, 1.165) is 0 Å². The van der Waals surface area contributed by atoms with Crippen LogP contribution in [0.2, 0.25) is 0 Å². The highest BCUT2D eigenvalue weighted by molar-refractivity contribution is 5.38.